The topological polar surface area (TPSA) is 76.5 Å². The number of likely N-dealkylation sites (tertiary alicyclic amines) is 1. The first-order valence-electron chi connectivity index (χ1n) is 10.9. The van der Waals surface area contributed by atoms with E-state index in [1.54, 1.807) is 18.2 Å². The van der Waals surface area contributed by atoms with Gasteiger partial charge in [0.05, 0.1) is 35.3 Å². The van der Waals surface area contributed by atoms with Crippen molar-refractivity contribution in [1.82, 2.24) is 14.7 Å². The smallest absolute Gasteiger partial charge is 0.283 e. The van der Waals surface area contributed by atoms with Crippen LogP contribution in [0.3, 0.4) is 0 Å². The van der Waals surface area contributed by atoms with Crippen LogP contribution in [-0.4, -0.2) is 40.1 Å². The molecule has 1 aromatic carbocycles. The molecule has 1 fully saturated rings. The molecule has 0 saturated carbocycles. The van der Waals surface area contributed by atoms with Crippen molar-refractivity contribution in [2.45, 2.75) is 39.3 Å². The van der Waals surface area contributed by atoms with Crippen LogP contribution in [-0.2, 0) is 11.3 Å². The van der Waals surface area contributed by atoms with Crippen molar-refractivity contribution in [3.8, 4) is 5.75 Å². The SMILES string of the molecule is COc1ccccc1C(=O)n1nc(C2CCCN2C(=O)C(C)C)cc1NCc1ccc(Cl)s1. The zero-order valence-electron chi connectivity index (χ0n) is 18.9. The minimum atomic E-state index is -0.301. The Kier molecular flexibility index (Phi) is 7.05. The average molecular weight is 487 g/mol. The average Bonchev–Trinajstić information content (AvgIpc) is 3.55. The van der Waals surface area contributed by atoms with Gasteiger partial charge in [-0.2, -0.15) is 9.78 Å². The van der Waals surface area contributed by atoms with Gasteiger partial charge in [0.15, 0.2) is 0 Å². The van der Waals surface area contributed by atoms with Crippen LogP contribution < -0.4 is 10.1 Å². The van der Waals surface area contributed by atoms with Gasteiger partial charge in [-0.1, -0.05) is 37.6 Å². The molecular formula is C24H27ClN4O3S. The highest BCUT2D eigenvalue weighted by Gasteiger charge is 2.34. The summed E-state index contributed by atoms with van der Waals surface area (Å²) in [5.74, 6) is 0.752. The Morgan fingerprint density at radius 2 is 2.06 bits per heavy atom. The van der Waals surface area contributed by atoms with Crippen molar-refractivity contribution in [3.05, 3.63) is 62.9 Å². The van der Waals surface area contributed by atoms with E-state index in [2.05, 4.69) is 10.4 Å². The molecule has 1 aliphatic heterocycles. The van der Waals surface area contributed by atoms with Gasteiger partial charge in [0.1, 0.15) is 11.6 Å². The normalized spacial score (nSPS) is 15.8. The molecule has 4 rings (SSSR count). The quantitative estimate of drug-likeness (QED) is 0.495. The highest BCUT2D eigenvalue weighted by Crippen LogP contribution is 2.34. The molecule has 0 radical (unpaired) electrons. The number of nitrogens with one attached hydrogen (secondary N) is 1. The number of hydrogen-bond acceptors (Lipinski definition) is 6. The molecule has 1 unspecified atom stereocenters. The summed E-state index contributed by atoms with van der Waals surface area (Å²) in [6.45, 7) is 5.01. The molecule has 0 spiro atoms. The van der Waals surface area contributed by atoms with Crippen LogP contribution in [0.15, 0.2) is 42.5 Å². The van der Waals surface area contributed by atoms with Crippen LogP contribution in [0.1, 0.15) is 53.7 Å². The van der Waals surface area contributed by atoms with Crippen LogP contribution >= 0.6 is 22.9 Å². The van der Waals surface area contributed by atoms with E-state index in [0.29, 0.717) is 40.3 Å². The van der Waals surface area contributed by atoms with Crippen LogP contribution in [0, 0.1) is 5.92 Å². The van der Waals surface area contributed by atoms with Gasteiger partial charge in [0.25, 0.3) is 5.91 Å². The fourth-order valence-corrected chi connectivity index (χ4v) is 5.10. The van der Waals surface area contributed by atoms with Crippen molar-refractivity contribution in [2.75, 3.05) is 19.0 Å². The molecule has 3 aromatic rings. The number of methoxy groups -OCH3 is 1. The largest absolute Gasteiger partial charge is 0.496 e. The lowest BCUT2D eigenvalue weighted by atomic mass is 10.1. The number of carbonyl (C=O) groups excluding carboxylic acids is 2. The van der Waals surface area contributed by atoms with Crippen molar-refractivity contribution in [2.24, 2.45) is 5.92 Å². The third-order valence-corrected chi connectivity index (χ3v) is 6.93. The second kappa shape index (κ2) is 9.97. The molecule has 0 bridgehead atoms. The Hall–Kier alpha value is -2.84. The number of halogens is 1. The zero-order chi connectivity index (χ0) is 23.5. The number of benzene rings is 1. The number of rotatable bonds is 7. The number of hydrogen-bond donors (Lipinski definition) is 1. The fourth-order valence-electron chi connectivity index (χ4n) is 4.07. The molecule has 1 aliphatic rings. The molecule has 9 heteroatoms. The third kappa shape index (κ3) is 4.91. The van der Waals surface area contributed by atoms with Crippen LogP contribution in [0.2, 0.25) is 4.34 Å². The number of anilines is 1. The number of thiophene rings is 1. The van der Waals surface area contributed by atoms with Gasteiger partial charge in [-0.05, 0) is 37.1 Å². The maximum atomic E-state index is 13.5. The standard InChI is InChI=1S/C24H27ClN4O3S/c1-15(2)23(30)28-12-6-8-19(28)18-13-22(26-14-16-10-11-21(25)33-16)29(27-18)24(31)17-7-4-5-9-20(17)32-3/h4-5,7,9-11,13,15,19,26H,6,8,12,14H2,1-3H3. The lowest BCUT2D eigenvalue weighted by molar-refractivity contribution is -0.135. The summed E-state index contributed by atoms with van der Waals surface area (Å²) in [5, 5.41) is 8.01. The first-order valence-corrected chi connectivity index (χ1v) is 12.1. The molecule has 1 atom stereocenters. The first-order chi connectivity index (χ1) is 15.9. The summed E-state index contributed by atoms with van der Waals surface area (Å²) in [5.41, 5.74) is 1.12. The fraction of sp³-hybridized carbons (Fsp3) is 0.375. The minimum absolute atomic E-state index is 0.0935. The molecule has 3 heterocycles. The molecule has 1 amide bonds. The number of amides is 1. The Bertz CT molecular complexity index is 1160. The Morgan fingerprint density at radius 3 is 2.76 bits per heavy atom. The predicted molar refractivity (Wildman–Crippen MR) is 130 cm³/mol. The lowest BCUT2D eigenvalue weighted by Gasteiger charge is -2.25. The van der Waals surface area contributed by atoms with E-state index in [1.807, 2.05) is 43.0 Å². The molecule has 7 nitrogen and oxygen atoms in total. The van der Waals surface area contributed by atoms with Crippen molar-refractivity contribution < 1.29 is 14.3 Å². The summed E-state index contributed by atoms with van der Waals surface area (Å²) in [6.07, 6.45) is 1.73. The molecule has 1 N–H and O–H groups in total. The van der Waals surface area contributed by atoms with E-state index < -0.39 is 0 Å². The second-order valence-electron chi connectivity index (χ2n) is 8.28. The van der Waals surface area contributed by atoms with Gasteiger partial charge in [-0.15, -0.1) is 11.3 Å². The Labute approximate surface area is 202 Å². The monoisotopic (exact) mass is 486 g/mol. The van der Waals surface area contributed by atoms with E-state index in [4.69, 9.17) is 16.3 Å². The first kappa shape index (κ1) is 23.3. The summed E-state index contributed by atoms with van der Waals surface area (Å²) in [7, 11) is 1.54. The van der Waals surface area contributed by atoms with Crippen molar-refractivity contribution >= 4 is 40.6 Å². The maximum absolute atomic E-state index is 13.5. The van der Waals surface area contributed by atoms with Crippen molar-refractivity contribution in [3.63, 3.8) is 0 Å². The van der Waals surface area contributed by atoms with Gasteiger partial charge in [0, 0.05) is 23.4 Å². The van der Waals surface area contributed by atoms with Crippen molar-refractivity contribution in [1.29, 1.82) is 0 Å². The summed E-state index contributed by atoms with van der Waals surface area (Å²) >= 11 is 7.55. The molecule has 174 valence electrons. The predicted octanol–water partition coefficient (Wildman–Crippen LogP) is 5.23. The molecule has 2 aromatic heterocycles. The van der Waals surface area contributed by atoms with Gasteiger partial charge < -0.3 is 15.0 Å². The minimum Gasteiger partial charge on any atom is -0.496 e. The molecule has 0 aliphatic carbocycles. The number of carbonyl (C=O) groups is 2. The van der Waals surface area contributed by atoms with Crippen LogP contribution in [0.25, 0.3) is 0 Å². The number of ether oxygens (including phenoxy) is 1. The molecule has 33 heavy (non-hydrogen) atoms. The highest BCUT2D eigenvalue weighted by atomic mass is 35.5. The molecule has 1 saturated heterocycles. The second-order valence-corrected chi connectivity index (χ2v) is 10.1. The zero-order valence-corrected chi connectivity index (χ0v) is 20.4. The van der Waals surface area contributed by atoms with E-state index in [1.165, 1.54) is 23.1 Å². The van der Waals surface area contributed by atoms with E-state index >= 15 is 0 Å². The Morgan fingerprint density at radius 1 is 1.27 bits per heavy atom. The number of para-hydroxylation sites is 1. The van der Waals surface area contributed by atoms with Gasteiger partial charge in [-0.25, -0.2) is 0 Å². The van der Waals surface area contributed by atoms with E-state index in [9.17, 15) is 9.59 Å². The van der Waals surface area contributed by atoms with Gasteiger partial charge >= 0.3 is 0 Å². The highest BCUT2D eigenvalue weighted by molar-refractivity contribution is 7.16. The summed E-state index contributed by atoms with van der Waals surface area (Å²) in [4.78, 5) is 29.2. The summed E-state index contributed by atoms with van der Waals surface area (Å²) in [6, 6.07) is 12.6. The van der Waals surface area contributed by atoms with Crippen LogP contribution in [0.5, 0.6) is 5.75 Å². The van der Waals surface area contributed by atoms with E-state index in [-0.39, 0.29) is 23.8 Å². The number of nitrogens with zero attached hydrogens (tertiary/aromatic N) is 3. The van der Waals surface area contributed by atoms with Gasteiger partial charge in [0.2, 0.25) is 5.91 Å². The summed E-state index contributed by atoms with van der Waals surface area (Å²) < 4.78 is 7.48. The van der Waals surface area contributed by atoms with E-state index in [0.717, 1.165) is 17.7 Å². The Balaban J connectivity index is 1.69. The third-order valence-electron chi connectivity index (χ3n) is 5.70. The maximum Gasteiger partial charge on any atom is 0.283 e. The number of aromatic nitrogens is 2. The van der Waals surface area contributed by atoms with Gasteiger partial charge in [-0.3, -0.25) is 9.59 Å². The van der Waals surface area contributed by atoms with Crippen LogP contribution in [0.4, 0.5) is 5.82 Å². The molecular weight excluding hydrogens is 460 g/mol. The lowest BCUT2D eigenvalue weighted by Crippen LogP contribution is -2.34.